The average Bonchev–Trinajstić information content (AvgIpc) is 2.98. The molecule has 0 aliphatic heterocycles. The molecule has 0 atom stereocenters. The van der Waals surface area contributed by atoms with E-state index in [-0.39, 0.29) is 5.41 Å². The zero-order chi connectivity index (χ0) is 11.8. The predicted octanol–water partition coefficient (Wildman–Crippen LogP) is 3.54. The Morgan fingerprint density at radius 1 is 1.25 bits per heavy atom. The highest BCUT2D eigenvalue weighted by Crippen LogP contribution is 2.25. The summed E-state index contributed by atoms with van der Waals surface area (Å²) in [6.07, 6.45) is 2.72. The summed E-state index contributed by atoms with van der Waals surface area (Å²) in [4.78, 5) is 0. The molecule has 0 heterocycles. The highest BCUT2D eigenvalue weighted by molar-refractivity contribution is 5.34. The lowest BCUT2D eigenvalue weighted by molar-refractivity contribution is 0.588. The van der Waals surface area contributed by atoms with Crippen molar-refractivity contribution in [3.63, 3.8) is 0 Å². The summed E-state index contributed by atoms with van der Waals surface area (Å²) in [6.45, 7) is 10.1. The van der Waals surface area contributed by atoms with Crippen molar-refractivity contribution in [3.05, 3.63) is 34.9 Å². The normalized spacial score (nSPS) is 16.5. The molecule has 1 fully saturated rings. The molecular formula is C15H23N. The van der Waals surface area contributed by atoms with Gasteiger partial charge >= 0.3 is 0 Å². The van der Waals surface area contributed by atoms with Gasteiger partial charge in [-0.2, -0.15) is 0 Å². The second kappa shape index (κ2) is 4.21. The molecule has 1 aromatic rings. The molecular weight excluding hydrogens is 194 g/mol. The van der Waals surface area contributed by atoms with Crippen LogP contribution in [0.2, 0.25) is 0 Å². The standard InChI is InChI=1S/C15H23N/c1-11-9-13(15(2,3)4)6-5-12(11)10-16-14-7-8-14/h5-6,9,14,16H,7-8,10H2,1-4H3. The fourth-order valence-corrected chi connectivity index (χ4v) is 1.90. The van der Waals surface area contributed by atoms with Crippen LogP contribution in [0.5, 0.6) is 0 Å². The van der Waals surface area contributed by atoms with Crippen molar-refractivity contribution in [2.45, 2.75) is 58.5 Å². The Balaban J connectivity index is 2.09. The fraction of sp³-hybridized carbons (Fsp3) is 0.600. The Morgan fingerprint density at radius 3 is 2.44 bits per heavy atom. The Hall–Kier alpha value is -0.820. The van der Waals surface area contributed by atoms with Crippen LogP contribution < -0.4 is 5.32 Å². The van der Waals surface area contributed by atoms with Gasteiger partial charge in [0.1, 0.15) is 0 Å². The molecule has 1 aromatic carbocycles. The summed E-state index contributed by atoms with van der Waals surface area (Å²) in [5.41, 5.74) is 4.55. The molecule has 1 heteroatoms. The zero-order valence-corrected chi connectivity index (χ0v) is 10.9. The Labute approximate surface area is 99.3 Å². The molecule has 1 N–H and O–H groups in total. The Bertz CT molecular complexity index is 370. The van der Waals surface area contributed by atoms with Crippen LogP contribution in [0.1, 0.15) is 50.3 Å². The van der Waals surface area contributed by atoms with Crippen LogP contribution in [0.4, 0.5) is 0 Å². The summed E-state index contributed by atoms with van der Waals surface area (Å²) in [5, 5.41) is 3.57. The van der Waals surface area contributed by atoms with E-state index in [0.29, 0.717) is 0 Å². The number of hydrogen-bond donors (Lipinski definition) is 1. The topological polar surface area (TPSA) is 12.0 Å². The van der Waals surface area contributed by atoms with E-state index >= 15 is 0 Å². The zero-order valence-electron chi connectivity index (χ0n) is 10.9. The Kier molecular flexibility index (Phi) is 3.07. The van der Waals surface area contributed by atoms with Gasteiger partial charge in [-0.3, -0.25) is 0 Å². The first kappa shape index (κ1) is 11.7. The smallest absolute Gasteiger partial charge is 0.0210 e. The van der Waals surface area contributed by atoms with Gasteiger partial charge in [0.15, 0.2) is 0 Å². The lowest BCUT2D eigenvalue weighted by Gasteiger charge is -2.20. The van der Waals surface area contributed by atoms with Crippen LogP contribution in [0.15, 0.2) is 18.2 Å². The largest absolute Gasteiger partial charge is 0.310 e. The third-order valence-corrected chi connectivity index (χ3v) is 3.37. The molecule has 0 saturated heterocycles. The van der Waals surface area contributed by atoms with Gasteiger partial charge in [-0.1, -0.05) is 39.0 Å². The summed E-state index contributed by atoms with van der Waals surface area (Å²) >= 11 is 0. The van der Waals surface area contributed by atoms with E-state index in [1.165, 1.54) is 29.5 Å². The molecule has 1 aliphatic rings. The quantitative estimate of drug-likeness (QED) is 0.816. The van der Waals surface area contributed by atoms with Crippen LogP contribution in [-0.2, 0) is 12.0 Å². The SMILES string of the molecule is Cc1cc(C(C)(C)C)ccc1CNC1CC1. The number of hydrogen-bond acceptors (Lipinski definition) is 1. The van der Waals surface area contributed by atoms with Gasteiger partial charge in [-0.15, -0.1) is 0 Å². The first-order valence-corrected chi connectivity index (χ1v) is 6.30. The lowest BCUT2D eigenvalue weighted by Crippen LogP contribution is -2.17. The molecule has 1 saturated carbocycles. The first-order chi connectivity index (χ1) is 7.47. The van der Waals surface area contributed by atoms with E-state index in [0.717, 1.165) is 12.6 Å². The number of nitrogens with one attached hydrogen (secondary N) is 1. The Morgan fingerprint density at radius 2 is 1.94 bits per heavy atom. The van der Waals surface area contributed by atoms with Crippen molar-refractivity contribution in [1.82, 2.24) is 5.32 Å². The van der Waals surface area contributed by atoms with Gasteiger partial charge in [-0.25, -0.2) is 0 Å². The molecule has 0 radical (unpaired) electrons. The van der Waals surface area contributed by atoms with Crippen LogP contribution >= 0.6 is 0 Å². The van der Waals surface area contributed by atoms with E-state index in [9.17, 15) is 0 Å². The number of benzene rings is 1. The molecule has 88 valence electrons. The molecule has 2 rings (SSSR count). The molecule has 0 aromatic heterocycles. The highest BCUT2D eigenvalue weighted by atomic mass is 14.9. The van der Waals surface area contributed by atoms with Crippen molar-refractivity contribution >= 4 is 0 Å². The van der Waals surface area contributed by atoms with E-state index < -0.39 is 0 Å². The van der Waals surface area contributed by atoms with Crippen molar-refractivity contribution in [2.24, 2.45) is 0 Å². The third-order valence-electron chi connectivity index (χ3n) is 3.37. The molecule has 16 heavy (non-hydrogen) atoms. The molecule has 1 aliphatic carbocycles. The van der Waals surface area contributed by atoms with Crippen molar-refractivity contribution < 1.29 is 0 Å². The minimum atomic E-state index is 0.257. The second-order valence-electron chi connectivity index (χ2n) is 6.05. The van der Waals surface area contributed by atoms with E-state index in [1.807, 2.05) is 0 Å². The van der Waals surface area contributed by atoms with Gasteiger partial charge in [0.2, 0.25) is 0 Å². The van der Waals surface area contributed by atoms with Crippen molar-refractivity contribution in [1.29, 1.82) is 0 Å². The van der Waals surface area contributed by atoms with Gasteiger partial charge in [0.05, 0.1) is 0 Å². The van der Waals surface area contributed by atoms with Crippen molar-refractivity contribution in [2.75, 3.05) is 0 Å². The van der Waals surface area contributed by atoms with E-state index in [4.69, 9.17) is 0 Å². The number of rotatable bonds is 3. The van der Waals surface area contributed by atoms with Gasteiger partial charge in [0, 0.05) is 12.6 Å². The average molecular weight is 217 g/mol. The van der Waals surface area contributed by atoms with E-state index in [1.54, 1.807) is 0 Å². The van der Waals surface area contributed by atoms with Crippen LogP contribution in [0, 0.1) is 6.92 Å². The van der Waals surface area contributed by atoms with Crippen LogP contribution in [0.25, 0.3) is 0 Å². The molecule has 0 amide bonds. The monoisotopic (exact) mass is 217 g/mol. The summed E-state index contributed by atoms with van der Waals surface area (Å²) in [7, 11) is 0. The maximum Gasteiger partial charge on any atom is 0.0210 e. The number of aryl methyl sites for hydroxylation is 1. The fourth-order valence-electron chi connectivity index (χ4n) is 1.90. The predicted molar refractivity (Wildman–Crippen MR) is 69.7 cm³/mol. The van der Waals surface area contributed by atoms with Gasteiger partial charge in [-0.05, 0) is 41.9 Å². The lowest BCUT2D eigenvalue weighted by atomic mass is 9.85. The first-order valence-electron chi connectivity index (χ1n) is 6.30. The summed E-state index contributed by atoms with van der Waals surface area (Å²) in [6, 6.07) is 7.69. The van der Waals surface area contributed by atoms with E-state index in [2.05, 4.69) is 51.2 Å². The maximum atomic E-state index is 3.57. The molecule has 0 bridgehead atoms. The van der Waals surface area contributed by atoms with Crippen molar-refractivity contribution in [3.8, 4) is 0 Å². The molecule has 0 unspecified atom stereocenters. The van der Waals surface area contributed by atoms with Gasteiger partial charge in [0.25, 0.3) is 0 Å². The third kappa shape index (κ3) is 2.85. The molecule has 1 nitrogen and oxygen atoms in total. The maximum absolute atomic E-state index is 3.57. The minimum Gasteiger partial charge on any atom is -0.310 e. The highest BCUT2D eigenvalue weighted by Gasteiger charge is 2.20. The van der Waals surface area contributed by atoms with Gasteiger partial charge < -0.3 is 5.32 Å². The summed E-state index contributed by atoms with van der Waals surface area (Å²) < 4.78 is 0. The molecule has 0 spiro atoms. The van der Waals surface area contributed by atoms with Crippen LogP contribution in [0.3, 0.4) is 0 Å². The summed E-state index contributed by atoms with van der Waals surface area (Å²) in [5.74, 6) is 0. The van der Waals surface area contributed by atoms with Crippen LogP contribution in [-0.4, -0.2) is 6.04 Å². The second-order valence-corrected chi connectivity index (χ2v) is 6.05. The minimum absolute atomic E-state index is 0.257.